The summed E-state index contributed by atoms with van der Waals surface area (Å²) in [5.41, 5.74) is 3.82. The van der Waals surface area contributed by atoms with Crippen molar-refractivity contribution in [2.45, 2.75) is 44.7 Å². The van der Waals surface area contributed by atoms with E-state index in [-0.39, 0.29) is 17.2 Å². The third-order valence-corrected chi connectivity index (χ3v) is 8.29. The van der Waals surface area contributed by atoms with Crippen LogP contribution < -0.4 is 9.62 Å². The third kappa shape index (κ3) is 4.79. The normalized spacial score (nSPS) is 15.4. The van der Waals surface area contributed by atoms with Crippen LogP contribution in [0.2, 0.25) is 0 Å². The Labute approximate surface area is 206 Å². The van der Waals surface area contributed by atoms with Gasteiger partial charge in [0.15, 0.2) is 0 Å². The summed E-state index contributed by atoms with van der Waals surface area (Å²) in [5.74, 6) is -0.859. The Bertz CT molecular complexity index is 1360. The standard InChI is InChI=1S/C27H29N3O4S/c1-18-14-19(2)26(20(3)15-18)35(33,34)30-23-13-9-8-12-22(23)28-27(32)24(30)16-25(31)29(4)17-21-10-6-5-7-11-21/h5-15,24H,16-17H2,1-4H3,(H,28,32). The lowest BCUT2D eigenvalue weighted by Crippen LogP contribution is -2.53. The van der Waals surface area contributed by atoms with E-state index < -0.39 is 22.0 Å². The van der Waals surface area contributed by atoms with Crippen LogP contribution in [-0.2, 0) is 26.2 Å². The molecular weight excluding hydrogens is 462 g/mol. The summed E-state index contributed by atoms with van der Waals surface area (Å²) < 4.78 is 29.4. The number of hydrogen-bond acceptors (Lipinski definition) is 4. The molecule has 0 saturated carbocycles. The van der Waals surface area contributed by atoms with Crippen molar-refractivity contribution in [3.63, 3.8) is 0 Å². The summed E-state index contributed by atoms with van der Waals surface area (Å²) in [5, 5.41) is 2.78. The number of rotatable bonds is 6. The van der Waals surface area contributed by atoms with Crippen LogP contribution in [0.3, 0.4) is 0 Å². The van der Waals surface area contributed by atoms with Crippen molar-refractivity contribution in [1.29, 1.82) is 0 Å². The number of aryl methyl sites for hydroxylation is 3. The zero-order valence-electron chi connectivity index (χ0n) is 20.3. The fraction of sp³-hybridized carbons (Fsp3) is 0.259. The molecule has 1 atom stereocenters. The van der Waals surface area contributed by atoms with Gasteiger partial charge in [0.2, 0.25) is 11.8 Å². The molecule has 0 bridgehead atoms. The largest absolute Gasteiger partial charge is 0.341 e. The third-order valence-electron chi connectivity index (χ3n) is 6.16. The van der Waals surface area contributed by atoms with Crippen LogP contribution in [0.4, 0.5) is 11.4 Å². The van der Waals surface area contributed by atoms with Gasteiger partial charge < -0.3 is 10.2 Å². The minimum atomic E-state index is -4.16. The predicted octanol–water partition coefficient (Wildman–Crippen LogP) is 4.18. The van der Waals surface area contributed by atoms with Gasteiger partial charge in [0.1, 0.15) is 6.04 Å². The number of amides is 2. The SMILES string of the molecule is Cc1cc(C)c(S(=O)(=O)N2c3ccccc3NC(=O)C2CC(=O)N(C)Cc2ccccc2)c(C)c1. The Balaban J connectivity index is 1.75. The molecule has 8 heteroatoms. The molecule has 0 fully saturated rings. The lowest BCUT2D eigenvalue weighted by Gasteiger charge is -2.37. The van der Waals surface area contributed by atoms with E-state index in [0.717, 1.165) is 15.4 Å². The molecule has 1 aliphatic rings. The number of nitrogens with zero attached hydrogens (tertiary/aromatic N) is 2. The van der Waals surface area contributed by atoms with E-state index in [4.69, 9.17) is 0 Å². The average Bonchev–Trinajstić information content (AvgIpc) is 2.79. The number of para-hydroxylation sites is 2. The van der Waals surface area contributed by atoms with Crippen LogP contribution >= 0.6 is 0 Å². The van der Waals surface area contributed by atoms with E-state index >= 15 is 0 Å². The molecule has 35 heavy (non-hydrogen) atoms. The van der Waals surface area contributed by atoms with Crippen molar-refractivity contribution in [3.05, 3.63) is 89.0 Å². The minimum absolute atomic E-state index is 0.155. The highest BCUT2D eigenvalue weighted by atomic mass is 32.2. The Morgan fingerprint density at radius 2 is 1.57 bits per heavy atom. The highest BCUT2D eigenvalue weighted by molar-refractivity contribution is 7.93. The second-order valence-corrected chi connectivity index (χ2v) is 10.7. The van der Waals surface area contributed by atoms with Gasteiger partial charge in [-0.25, -0.2) is 8.42 Å². The Kier molecular flexibility index (Phi) is 6.67. The first-order chi connectivity index (χ1) is 16.6. The van der Waals surface area contributed by atoms with E-state index in [1.54, 1.807) is 45.2 Å². The van der Waals surface area contributed by atoms with Gasteiger partial charge >= 0.3 is 0 Å². The quantitative estimate of drug-likeness (QED) is 0.561. The molecule has 1 heterocycles. The van der Waals surface area contributed by atoms with Gasteiger partial charge in [-0.15, -0.1) is 0 Å². The topological polar surface area (TPSA) is 86.8 Å². The molecule has 1 aliphatic heterocycles. The number of carbonyl (C=O) groups excluding carboxylic acids is 2. The molecule has 4 rings (SSSR count). The molecule has 0 saturated heterocycles. The van der Waals surface area contributed by atoms with Crippen molar-refractivity contribution in [2.75, 3.05) is 16.7 Å². The molecule has 1 unspecified atom stereocenters. The maximum absolute atomic E-state index is 14.1. The second kappa shape index (κ2) is 9.54. The zero-order chi connectivity index (χ0) is 25.3. The van der Waals surface area contributed by atoms with Gasteiger partial charge in [0, 0.05) is 13.6 Å². The van der Waals surface area contributed by atoms with Crippen LogP contribution in [0, 0.1) is 20.8 Å². The number of anilines is 2. The highest BCUT2D eigenvalue weighted by Gasteiger charge is 2.43. The summed E-state index contributed by atoms with van der Waals surface area (Å²) in [6.07, 6.45) is -0.285. The van der Waals surface area contributed by atoms with Gasteiger partial charge in [-0.2, -0.15) is 0 Å². The number of fused-ring (bicyclic) bond motifs is 1. The van der Waals surface area contributed by atoms with Gasteiger partial charge in [-0.1, -0.05) is 60.2 Å². The van der Waals surface area contributed by atoms with Gasteiger partial charge in [-0.3, -0.25) is 13.9 Å². The minimum Gasteiger partial charge on any atom is -0.341 e. The van der Waals surface area contributed by atoms with Crippen LogP contribution in [0.15, 0.2) is 71.6 Å². The fourth-order valence-electron chi connectivity index (χ4n) is 4.67. The summed E-state index contributed by atoms with van der Waals surface area (Å²) in [6, 6.07) is 18.6. The lowest BCUT2D eigenvalue weighted by molar-refractivity contribution is -0.132. The molecule has 3 aromatic carbocycles. The van der Waals surface area contributed by atoms with Crippen LogP contribution in [0.1, 0.15) is 28.7 Å². The molecule has 0 radical (unpaired) electrons. The van der Waals surface area contributed by atoms with Gasteiger partial charge in [0.25, 0.3) is 10.0 Å². The molecule has 1 N–H and O–H groups in total. The first-order valence-electron chi connectivity index (χ1n) is 11.4. The predicted molar refractivity (Wildman–Crippen MR) is 137 cm³/mol. The highest BCUT2D eigenvalue weighted by Crippen LogP contribution is 2.38. The number of nitrogens with one attached hydrogen (secondary N) is 1. The molecular formula is C27H29N3O4S. The Morgan fingerprint density at radius 3 is 2.23 bits per heavy atom. The van der Waals surface area contributed by atoms with Crippen LogP contribution in [-0.4, -0.2) is 38.2 Å². The second-order valence-electron chi connectivity index (χ2n) is 8.99. The van der Waals surface area contributed by atoms with E-state index in [1.165, 1.54) is 4.90 Å². The Morgan fingerprint density at radius 1 is 0.971 bits per heavy atom. The van der Waals surface area contributed by atoms with E-state index in [0.29, 0.717) is 29.0 Å². The maximum atomic E-state index is 14.1. The van der Waals surface area contributed by atoms with Crippen LogP contribution in [0.25, 0.3) is 0 Å². The van der Waals surface area contributed by atoms with Gasteiger partial charge in [0.05, 0.1) is 22.7 Å². The first kappa shape index (κ1) is 24.5. The number of benzene rings is 3. The van der Waals surface area contributed by atoms with Crippen molar-refractivity contribution < 1.29 is 18.0 Å². The lowest BCUT2D eigenvalue weighted by atomic mass is 10.1. The summed E-state index contributed by atoms with van der Waals surface area (Å²) in [6.45, 7) is 5.75. The smallest absolute Gasteiger partial charge is 0.265 e. The van der Waals surface area contributed by atoms with E-state index in [9.17, 15) is 18.0 Å². The molecule has 2 amide bonds. The van der Waals surface area contributed by atoms with E-state index in [1.807, 2.05) is 49.4 Å². The number of sulfonamides is 1. The maximum Gasteiger partial charge on any atom is 0.265 e. The van der Waals surface area contributed by atoms with Gasteiger partial charge in [-0.05, 0) is 49.6 Å². The number of hydrogen-bond donors (Lipinski definition) is 1. The molecule has 0 spiro atoms. The first-order valence-corrected chi connectivity index (χ1v) is 12.8. The molecule has 7 nitrogen and oxygen atoms in total. The van der Waals surface area contributed by atoms with E-state index in [2.05, 4.69) is 5.32 Å². The molecule has 182 valence electrons. The average molecular weight is 492 g/mol. The number of carbonyl (C=O) groups is 2. The van der Waals surface area contributed by atoms with Crippen molar-refractivity contribution in [1.82, 2.24) is 4.90 Å². The molecule has 3 aromatic rings. The monoisotopic (exact) mass is 491 g/mol. The molecule has 0 aromatic heterocycles. The zero-order valence-corrected chi connectivity index (χ0v) is 21.1. The van der Waals surface area contributed by atoms with Crippen molar-refractivity contribution in [2.24, 2.45) is 0 Å². The van der Waals surface area contributed by atoms with Crippen molar-refractivity contribution in [3.8, 4) is 0 Å². The molecule has 0 aliphatic carbocycles. The Hall–Kier alpha value is -3.65. The summed E-state index contributed by atoms with van der Waals surface area (Å²) in [4.78, 5) is 28.0. The van der Waals surface area contributed by atoms with Crippen molar-refractivity contribution >= 4 is 33.2 Å². The fourth-order valence-corrected chi connectivity index (χ4v) is 6.73. The van der Waals surface area contributed by atoms with Crippen LogP contribution in [0.5, 0.6) is 0 Å². The summed E-state index contributed by atoms with van der Waals surface area (Å²) in [7, 11) is -2.51. The summed E-state index contributed by atoms with van der Waals surface area (Å²) >= 11 is 0.